The Hall–Kier alpha value is 0.430. The molecule has 1 N–H and O–H groups in total. The van der Waals surface area contributed by atoms with Crippen molar-refractivity contribution in [3.05, 3.63) is 12.7 Å². The van der Waals surface area contributed by atoms with Crippen LogP contribution < -0.4 is 0 Å². The van der Waals surface area contributed by atoms with E-state index in [1.165, 1.54) is 0 Å². The second-order valence-corrected chi connectivity index (χ2v) is 1.80. The summed E-state index contributed by atoms with van der Waals surface area (Å²) in [7, 11) is 0. The molecule has 0 heterocycles. The topological polar surface area (TPSA) is 46.5 Å². The van der Waals surface area contributed by atoms with E-state index in [1.54, 1.807) is 0 Å². The molecule has 0 radical (unpaired) electrons. The van der Waals surface area contributed by atoms with Gasteiger partial charge in [-0.05, 0) is 12.8 Å². The second kappa shape index (κ2) is 10.4. The Morgan fingerprint density at radius 2 is 2.18 bits per heavy atom. The zero-order chi connectivity index (χ0) is 7.82. The minimum absolute atomic E-state index is 0. The standard InChI is InChI=1S/C7H12O3.Ca.2H/c1-2-7(9)10-6-4-3-5-8;;;/h2,8H,1,3-6H2;;;. The molecule has 11 heavy (non-hydrogen) atoms. The van der Waals surface area contributed by atoms with Gasteiger partial charge in [0.05, 0.1) is 6.61 Å². The van der Waals surface area contributed by atoms with Gasteiger partial charge in [0.15, 0.2) is 0 Å². The van der Waals surface area contributed by atoms with E-state index in [0.717, 1.165) is 6.08 Å². The van der Waals surface area contributed by atoms with Crippen molar-refractivity contribution >= 4 is 43.7 Å². The van der Waals surface area contributed by atoms with Crippen molar-refractivity contribution in [1.29, 1.82) is 0 Å². The van der Waals surface area contributed by atoms with Gasteiger partial charge < -0.3 is 9.84 Å². The molecule has 0 aliphatic rings. The Kier molecular flexibility index (Phi) is 13.3. The average Bonchev–Trinajstić information content (AvgIpc) is 1.98. The number of aliphatic hydroxyl groups is 1. The third-order valence-electron chi connectivity index (χ3n) is 0.963. The normalized spacial score (nSPS) is 8.09. The maximum absolute atomic E-state index is 10.4. The first-order valence-corrected chi connectivity index (χ1v) is 3.21. The van der Waals surface area contributed by atoms with Crippen molar-refractivity contribution in [2.45, 2.75) is 12.8 Å². The summed E-state index contributed by atoms with van der Waals surface area (Å²) < 4.78 is 4.63. The maximum atomic E-state index is 10.4. The fraction of sp³-hybridized carbons (Fsp3) is 0.571. The second-order valence-electron chi connectivity index (χ2n) is 1.80. The van der Waals surface area contributed by atoms with E-state index >= 15 is 0 Å². The molecule has 3 nitrogen and oxygen atoms in total. The Bertz CT molecular complexity index is 114. The van der Waals surface area contributed by atoms with Gasteiger partial charge in [0, 0.05) is 12.7 Å². The summed E-state index contributed by atoms with van der Waals surface area (Å²) >= 11 is 0. The fourth-order valence-electron chi connectivity index (χ4n) is 0.446. The molecular weight excluding hydrogens is 172 g/mol. The Labute approximate surface area is 96.4 Å². The van der Waals surface area contributed by atoms with Gasteiger partial charge in [-0.25, -0.2) is 4.79 Å². The predicted molar refractivity (Wildman–Crippen MR) is 46.0 cm³/mol. The van der Waals surface area contributed by atoms with Crippen molar-refractivity contribution in [1.82, 2.24) is 0 Å². The van der Waals surface area contributed by atoms with Crippen LogP contribution in [0.2, 0.25) is 0 Å². The fourth-order valence-corrected chi connectivity index (χ4v) is 0.446. The van der Waals surface area contributed by atoms with Crippen LogP contribution in [0.3, 0.4) is 0 Å². The molecule has 0 rings (SSSR count). The van der Waals surface area contributed by atoms with E-state index in [0.29, 0.717) is 19.4 Å². The minimum atomic E-state index is -0.405. The van der Waals surface area contributed by atoms with Crippen molar-refractivity contribution < 1.29 is 14.6 Å². The van der Waals surface area contributed by atoms with Crippen molar-refractivity contribution in [3.8, 4) is 0 Å². The van der Waals surface area contributed by atoms with Gasteiger partial charge in [0.25, 0.3) is 0 Å². The van der Waals surface area contributed by atoms with E-state index in [-0.39, 0.29) is 44.3 Å². The number of carbonyl (C=O) groups excluding carboxylic acids is 1. The molecule has 0 amide bonds. The number of esters is 1. The number of rotatable bonds is 5. The number of hydrogen-bond donors (Lipinski definition) is 1. The first-order valence-electron chi connectivity index (χ1n) is 3.21. The van der Waals surface area contributed by atoms with Gasteiger partial charge >= 0.3 is 43.7 Å². The third-order valence-corrected chi connectivity index (χ3v) is 0.963. The zero-order valence-corrected chi connectivity index (χ0v) is 5.88. The molecule has 0 saturated carbocycles. The van der Waals surface area contributed by atoms with Crippen LogP contribution >= 0.6 is 0 Å². The molecule has 0 unspecified atom stereocenters. The van der Waals surface area contributed by atoms with Crippen LogP contribution in [0.1, 0.15) is 12.8 Å². The first kappa shape index (κ1) is 14.0. The predicted octanol–water partition coefficient (Wildman–Crippen LogP) is -0.428. The number of carbonyl (C=O) groups is 1. The third kappa shape index (κ3) is 10.4. The summed E-state index contributed by atoms with van der Waals surface area (Å²) in [4.78, 5) is 10.4. The Morgan fingerprint density at radius 1 is 1.55 bits per heavy atom. The van der Waals surface area contributed by atoms with Gasteiger partial charge in [-0.15, -0.1) is 0 Å². The summed E-state index contributed by atoms with van der Waals surface area (Å²) in [6, 6.07) is 0. The van der Waals surface area contributed by atoms with Crippen LogP contribution in [0, 0.1) is 0 Å². The van der Waals surface area contributed by atoms with E-state index in [2.05, 4.69) is 11.3 Å². The monoisotopic (exact) mass is 186 g/mol. The zero-order valence-electron chi connectivity index (χ0n) is 5.88. The molecule has 0 spiro atoms. The van der Waals surface area contributed by atoms with Crippen LogP contribution in [0.25, 0.3) is 0 Å². The van der Waals surface area contributed by atoms with Gasteiger partial charge in [0.1, 0.15) is 0 Å². The molecule has 0 aromatic carbocycles. The molecule has 0 aromatic heterocycles. The number of hydrogen-bond acceptors (Lipinski definition) is 3. The van der Waals surface area contributed by atoms with Crippen molar-refractivity contribution in [2.24, 2.45) is 0 Å². The van der Waals surface area contributed by atoms with E-state index < -0.39 is 5.97 Å². The molecule has 0 bridgehead atoms. The van der Waals surface area contributed by atoms with Crippen LogP contribution in [0.4, 0.5) is 0 Å². The van der Waals surface area contributed by atoms with Crippen molar-refractivity contribution in [3.63, 3.8) is 0 Å². The molecule has 0 saturated heterocycles. The van der Waals surface area contributed by atoms with Gasteiger partial charge in [-0.3, -0.25) is 0 Å². The van der Waals surface area contributed by atoms with Gasteiger partial charge in [-0.2, -0.15) is 0 Å². The molecule has 0 fully saturated rings. The van der Waals surface area contributed by atoms with E-state index in [1.807, 2.05) is 0 Å². The molecule has 0 aliphatic heterocycles. The molecule has 62 valence electrons. The summed E-state index contributed by atoms with van der Waals surface area (Å²) in [6.45, 7) is 3.75. The van der Waals surface area contributed by atoms with E-state index in [4.69, 9.17) is 5.11 Å². The Morgan fingerprint density at radius 3 is 2.64 bits per heavy atom. The average molecular weight is 186 g/mol. The van der Waals surface area contributed by atoms with Crippen LogP contribution in [0.15, 0.2) is 12.7 Å². The first-order chi connectivity index (χ1) is 4.81. The molecule has 0 aromatic rings. The SMILES string of the molecule is C=CC(=O)OCCCCO.[CaH2]. The van der Waals surface area contributed by atoms with Crippen molar-refractivity contribution in [2.75, 3.05) is 13.2 Å². The quantitative estimate of drug-likeness (QED) is 0.274. The molecular formula is C7H14CaO3. The molecule has 0 atom stereocenters. The van der Waals surface area contributed by atoms with Gasteiger partial charge in [-0.1, -0.05) is 6.58 Å². The number of aliphatic hydroxyl groups excluding tert-OH is 1. The van der Waals surface area contributed by atoms with Crippen LogP contribution in [0.5, 0.6) is 0 Å². The van der Waals surface area contributed by atoms with Gasteiger partial charge in [0.2, 0.25) is 0 Å². The van der Waals surface area contributed by atoms with E-state index in [9.17, 15) is 4.79 Å². The molecule has 0 aliphatic carbocycles. The summed E-state index contributed by atoms with van der Waals surface area (Å²) in [5.41, 5.74) is 0. The number of ether oxygens (including phenoxy) is 1. The summed E-state index contributed by atoms with van der Waals surface area (Å²) in [5, 5.41) is 8.33. The summed E-state index contributed by atoms with van der Waals surface area (Å²) in [5.74, 6) is -0.405. The Balaban J connectivity index is 0. The summed E-state index contributed by atoms with van der Waals surface area (Å²) in [6.07, 6.45) is 2.50. The molecule has 4 heteroatoms. The van der Waals surface area contributed by atoms with Crippen LogP contribution in [-0.2, 0) is 9.53 Å². The number of unbranched alkanes of at least 4 members (excludes halogenated alkanes) is 1. The van der Waals surface area contributed by atoms with Crippen LogP contribution in [-0.4, -0.2) is 62.0 Å².